The van der Waals surface area contributed by atoms with E-state index in [0.717, 1.165) is 25.9 Å². The molecule has 0 unspecified atom stereocenters. The van der Waals surface area contributed by atoms with E-state index in [-0.39, 0.29) is 17.7 Å². The zero-order valence-electron chi connectivity index (χ0n) is 12.0. The summed E-state index contributed by atoms with van der Waals surface area (Å²) >= 11 is 0. The van der Waals surface area contributed by atoms with Crippen LogP contribution in [0.3, 0.4) is 0 Å². The molecular formula is C14H27N3O2. The highest BCUT2D eigenvalue weighted by atomic mass is 16.2. The summed E-state index contributed by atoms with van der Waals surface area (Å²) in [6.07, 6.45) is 5.74. The van der Waals surface area contributed by atoms with E-state index in [2.05, 4.69) is 10.2 Å². The van der Waals surface area contributed by atoms with Crippen molar-refractivity contribution in [3.63, 3.8) is 0 Å². The zero-order valence-corrected chi connectivity index (χ0v) is 12.0. The predicted molar refractivity (Wildman–Crippen MR) is 75.5 cm³/mol. The Balaban J connectivity index is 1.93. The lowest BCUT2D eigenvalue weighted by molar-refractivity contribution is -0.123. The van der Waals surface area contributed by atoms with Gasteiger partial charge in [0.25, 0.3) is 0 Å². The molecule has 0 radical (unpaired) electrons. The SMILES string of the molecule is C[C@@H](CCC(=O)NCCCCN1CCCC1)C(N)=O. The molecular weight excluding hydrogens is 242 g/mol. The van der Waals surface area contributed by atoms with E-state index >= 15 is 0 Å². The van der Waals surface area contributed by atoms with E-state index in [1.165, 1.54) is 25.9 Å². The second-order valence-corrected chi connectivity index (χ2v) is 5.45. The number of primary amides is 1. The number of carbonyl (C=O) groups is 2. The number of hydrogen-bond acceptors (Lipinski definition) is 3. The van der Waals surface area contributed by atoms with Gasteiger partial charge < -0.3 is 16.0 Å². The zero-order chi connectivity index (χ0) is 14.1. The first-order valence-electron chi connectivity index (χ1n) is 7.38. The third-order valence-electron chi connectivity index (χ3n) is 3.71. The van der Waals surface area contributed by atoms with E-state index in [1.54, 1.807) is 6.92 Å². The molecule has 5 heteroatoms. The lowest BCUT2D eigenvalue weighted by Crippen LogP contribution is -2.27. The average Bonchev–Trinajstić information content (AvgIpc) is 2.88. The van der Waals surface area contributed by atoms with Gasteiger partial charge in [-0.1, -0.05) is 6.92 Å². The summed E-state index contributed by atoms with van der Waals surface area (Å²) in [5.74, 6) is -0.534. The lowest BCUT2D eigenvalue weighted by Gasteiger charge is -2.14. The molecule has 1 atom stereocenters. The molecule has 1 fully saturated rings. The van der Waals surface area contributed by atoms with E-state index in [0.29, 0.717) is 12.8 Å². The van der Waals surface area contributed by atoms with Crippen molar-refractivity contribution in [1.29, 1.82) is 0 Å². The Morgan fingerprint density at radius 2 is 1.95 bits per heavy atom. The van der Waals surface area contributed by atoms with Gasteiger partial charge in [-0.15, -0.1) is 0 Å². The van der Waals surface area contributed by atoms with Crippen molar-refractivity contribution in [2.75, 3.05) is 26.2 Å². The van der Waals surface area contributed by atoms with Gasteiger partial charge in [-0.25, -0.2) is 0 Å². The van der Waals surface area contributed by atoms with Crippen LogP contribution in [0.2, 0.25) is 0 Å². The molecule has 2 amide bonds. The number of nitrogens with two attached hydrogens (primary N) is 1. The average molecular weight is 269 g/mol. The molecule has 3 N–H and O–H groups in total. The highest BCUT2D eigenvalue weighted by molar-refractivity contribution is 5.79. The lowest BCUT2D eigenvalue weighted by atomic mass is 10.1. The quantitative estimate of drug-likeness (QED) is 0.610. The van der Waals surface area contributed by atoms with Crippen molar-refractivity contribution in [3.05, 3.63) is 0 Å². The van der Waals surface area contributed by atoms with E-state index in [1.807, 2.05) is 0 Å². The van der Waals surface area contributed by atoms with Crippen molar-refractivity contribution >= 4 is 11.8 Å². The third kappa shape index (κ3) is 7.15. The molecule has 0 aliphatic carbocycles. The first-order chi connectivity index (χ1) is 9.09. The molecule has 0 bridgehead atoms. The van der Waals surface area contributed by atoms with Crippen LogP contribution in [0.5, 0.6) is 0 Å². The number of nitrogens with one attached hydrogen (secondary N) is 1. The molecule has 0 saturated carbocycles. The molecule has 5 nitrogen and oxygen atoms in total. The number of carbonyl (C=O) groups excluding carboxylic acids is 2. The fourth-order valence-electron chi connectivity index (χ4n) is 2.27. The van der Waals surface area contributed by atoms with Gasteiger partial charge in [0.15, 0.2) is 0 Å². The molecule has 110 valence electrons. The Morgan fingerprint density at radius 1 is 1.26 bits per heavy atom. The monoisotopic (exact) mass is 269 g/mol. The van der Waals surface area contributed by atoms with Crippen LogP contribution >= 0.6 is 0 Å². The largest absolute Gasteiger partial charge is 0.369 e. The molecule has 19 heavy (non-hydrogen) atoms. The van der Waals surface area contributed by atoms with Crippen LogP contribution in [-0.2, 0) is 9.59 Å². The fraction of sp³-hybridized carbons (Fsp3) is 0.857. The molecule has 1 rings (SSSR count). The molecule has 1 saturated heterocycles. The van der Waals surface area contributed by atoms with Crippen LogP contribution in [0, 0.1) is 5.92 Å². The second kappa shape index (κ2) is 8.91. The first-order valence-corrected chi connectivity index (χ1v) is 7.38. The van der Waals surface area contributed by atoms with Crippen LogP contribution in [0.15, 0.2) is 0 Å². The fourth-order valence-corrected chi connectivity index (χ4v) is 2.27. The molecule has 0 aromatic carbocycles. The predicted octanol–water partition coefficient (Wildman–Crippen LogP) is 0.880. The topological polar surface area (TPSA) is 75.4 Å². The molecule has 1 aliphatic heterocycles. The Morgan fingerprint density at radius 3 is 2.58 bits per heavy atom. The standard InChI is InChI=1S/C14H27N3O2/c1-12(14(15)19)6-7-13(18)16-8-2-3-9-17-10-4-5-11-17/h12H,2-11H2,1H3,(H2,15,19)(H,16,18)/t12-/m0/s1. The minimum atomic E-state index is -0.335. The summed E-state index contributed by atoms with van der Waals surface area (Å²) in [4.78, 5) is 24.8. The first kappa shape index (κ1) is 16.0. The van der Waals surface area contributed by atoms with E-state index in [9.17, 15) is 9.59 Å². The van der Waals surface area contributed by atoms with Crippen molar-refractivity contribution < 1.29 is 9.59 Å². The minimum absolute atomic E-state index is 0.0225. The smallest absolute Gasteiger partial charge is 0.220 e. The molecule has 0 spiro atoms. The van der Waals surface area contributed by atoms with Crippen LogP contribution in [0.1, 0.15) is 45.4 Å². The number of hydrogen-bond donors (Lipinski definition) is 2. The summed E-state index contributed by atoms with van der Waals surface area (Å²) in [7, 11) is 0. The van der Waals surface area contributed by atoms with E-state index < -0.39 is 0 Å². The molecule has 0 aromatic heterocycles. The number of amides is 2. The number of unbranched alkanes of at least 4 members (excludes halogenated alkanes) is 1. The summed E-state index contributed by atoms with van der Waals surface area (Å²) in [6.45, 7) is 6.10. The molecule has 1 heterocycles. The second-order valence-electron chi connectivity index (χ2n) is 5.45. The summed E-state index contributed by atoms with van der Waals surface area (Å²) < 4.78 is 0. The maximum Gasteiger partial charge on any atom is 0.220 e. The van der Waals surface area contributed by atoms with Gasteiger partial charge >= 0.3 is 0 Å². The summed E-state index contributed by atoms with van der Waals surface area (Å²) in [6, 6.07) is 0. The minimum Gasteiger partial charge on any atom is -0.369 e. The van der Waals surface area contributed by atoms with E-state index in [4.69, 9.17) is 5.73 Å². The Bertz CT molecular complexity index is 288. The van der Waals surface area contributed by atoms with Gasteiger partial charge in [0.1, 0.15) is 0 Å². The van der Waals surface area contributed by atoms with Crippen LogP contribution < -0.4 is 11.1 Å². The maximum absolute atomic E-state index is 11.5. The molecule has 1 aliphatic rings. The molecule has 0 aromatic rings. The van der Waals surface area contributed by atoms with Gasteiger partial charge in [-0.2, -0.15) is 0 Å². The Hall–Kier alpha value is -1.10. The van der Waals surface area contributed by atoms with Crippen LogP contribution in [-0.4, -0.2) is 42.9 Å². The van der Waals surface area contributed by atoms with Gasteiger partial charge in [-0.3, -0.25) is 9.59 Å². The summed E-state index contributed by atoms with van der Waals surface area (Å²) in [5.41, 5.74) is 5.15. The Labute approximate surface area is 115 Å². The van der Waals surface area contributed by atoms with Crippen LogP contribution in [0.4, 0.5) is 0 Å². The highest BCUT2D eigenvalue weighted by Crippen LogP contribution is 2.08. The van der Waals surface area contributed by atoms with Crippen molar-refractivity contribution in [3.8, 4) is 0 Å². The van der Waals surface area contributed by atoms with Gasteiger partial charge in [0, 0.05) is 18.9 Å². The summed E-state index contributed by atoms with van der Waals surface area (Å²) in [5, 5.41) is 2.89. The normalized spacial score (nSPS) is 17.3. The van der Waals surface area contributed by atoms with Gasteiger partial charge in [0.2, 0.25) is 11.8 Å². The Kier molecular flexibility index (Phi) is 7.48. The maximum atomic E-state index is 11.5. The van der Waals surface area contributed by atoms with Crippen molar-refractivity contribution in [1.82, 2.24) is 10.2 Å². The third-order valence-corrected chi connectivity index (χ3v) is 3.71. The highest BCUT2D eigenvalue weighted by Gasteiger charge is 2.12. The number of nitrogens with zero attached hydrogens (tertiary/aromatic N) is 1. The van der Waals surface area contributed by atoms with Crippen molar-refractivity contribution in [2.24, 2.45) is 11.7 Å². The number of rotatable bonds is 9. The van der Waals surface area contributed by atoms with Gasteiger partial charge in [-0.05, 0) is 51.7 Å². The van der Waals surface area contributed by atoms with Crippen LogP contribution in [0.25, 0.3) is 0 Å². The number of likely N-dealkylation sites (tertiary alicyclic amines) is 1. The van der Waals surface area contributed by atoms with Gasteiger partial charge in [0.05, 0.1) is 0 Å². The van der Waals surface area contributed by atoms with Crippen molar-refractivity contribution in [2.45, 2.75) is 45.4 Å².